The van der Waals surface area contributed by atoms with Gasteiger partial charge < -0.3 is 15.5 Å². The Morgan fingerprint density at radius 2 is 1.97 bits per heavy atom. The summed E-state index contributed by atoms with van der Waals surface area (Å²) in [5.41, 5.74) is 1.69. The third-order valence-corrected chi connectivity index (χ3v) is 7.27. The summed E-state index contributed by atoms with van der Waals surface area (Å²) in [6.45, 7) is 5.64. The second-order valence-corrected chi connectivity index (χ2v) is 10.2. The van der Waals surface area contributed by atoms with Crippen molar-refractivity contribution in [2.75, 3.05) is 19.6 Å². The van der Waals surface area contributed by atoms with Crippen molar-refractivity contribution in [2.45, 2.75) is 54.5 Å². The molecule has 184 valence electrons. The van der Waals surface area contributed by atoms with Crippen LogP contribution in [-0.2, 0) is 9.59 Å². The zero-order valence-corrected chi connectivity index (χ0v) is 20.7. The number of piperazine rings is 1. The van der Waals surface area contributed by atoms with Gasteiger partial charge >= 0.3 is 0 Å². The van der Waals surface area contributed by atoms with E-state index < -0.39 is 11.0 Å². The standard InChI is InChI=1S/C26H30N4O4S/c1-17(2)20-5-3-4-6-23(20)35-24-11-7-18(15-21(24)30(33)34)8-12-25(31)29-14-13-27-16-22(29)26(32)28-19-9-10-19/h3-8,11-12,15,17,19,22,27H,9-10,13-14,16H2,1-2H3,(H,28,32). The highest BCUT2D eigenvalue weighted by Crippen LogP contribution is 2.39. The van der Waals surface area contributed by atoms with Crippen molar-refractivity contribution < 1.29 is 14.5 Å². The lowest BCUT2D eigenvalue weighted by molar-refractivity contribution is -0.387. The fourth-order valence-electron chi connectivity index (χ4n) is 4.03. The van der Waals surface area contributed by atoms with E-state index >= 15 is 0 Å². The molecule has 2 aromatic rings. The predicted molar refractivity (Wildman–Crippen MR) is 136 cm³/mol. The number of nitrogens with one attached hydrogen (secondary N) is 2. The van der Waals surface area contributed by atoms with E-state index in [0.717, 1.165) is 23.3 Å². The Morgan fingerprint density at radius 3 is 2.69 bits per heavy atom. The number of nitro benzene ring substituents is 1. The number of amides is 2. The van der Waals surface area contributed by atoms with Crippen molar-refractivity contribution >= 4 is 35.3 Å². The zero-order chi connectivity index (χ0) is 24.9. The van der Waals surface area contributed by atoms with Gasteiger partial charge in [0.2, 0.25) is 11.8 Å². The minimum Gasteiger partial charge on any atom is -0.352 e. The van der Waals surface area contributed by atoms with Crippen LogP contribution in [0.1, 0.15) is 43.7 Å². The molecule has 2 fully saturated rings. The Hall–Kier alpha value is -3.17. The van der Waals surface area contributed by atoms with Crippen molar-refractivity contribution in [3.8, 4) is 0 Å². The molecule has 0 spiro atoms. The van der Waals surface area contributed by atoms with Crippen LogP contribution in [0, 0.1) is 10.1 Å². The molecule has 0 radical (unpaired) electrons. The molecule has 1 heterocycles. The highest BCUT2D eigenvalue weighted by Gasteiger charge is 2.34. The van der Waals surface area contributed by atoms with E-state index in [2.05, 4.69) is 24.5 Å². The highest BCUT2D eigenvalue weighted by atomic mass is 32.2. The molecule has 1 aliphatic carbocycles. The van der Waals surface area contributed by atoms with Crippen LogP contribution in [-0.4, -0.2) is 53.4 Å². The van der Waals surface area contributed by atoms with E-state index in [9.17, 15) is 19.7 Å². The fraction of sp³-hybridized carbons (Fsp3) is 0.385. The van der Waals surface area contributed by atoms with Crippen molar-refractivity contribution in [3.05, 3.63) is 69.8 Å². The van der Waals surface area contributed by atoms with Crippen LogP contribution in [0.25, 0.3) is 6.08 Å². The molecular weight excluding hydrogens is 464 g/mol. The SMILES string of the molecule is CC(C)c1ccccc1Sc1ccc(C=CC(=O)N2CCNCC2C(=O)NC2CC2)cc1[N+](=O)[O-]. The summed E-state index contributed by atoms with van der Waals surface area (Å²) < 4.78 is 0. The first-order chi connectivity index (χ1) is 16.8. The molecule has 2 amide bonds. The summed E-state index contributed by atoms with van der Waals surface area (Å²) in [6.07, 6.45) is 4.93. The van der Waals surface area contributed by atoms with E-state index in [1.165, 1.54) is 23.9 Å². The molecule has 0 bridgehead atoms. The number of rotatable bonds is 8. The van der Waals surface area contributed by atoms with Crippen molar-refractivity contribution in [3.63, 3.8) is 0 Å². The topological polar surface area (TPSA) is 105 Å². The van der Waals surface area contributed by atoms with Crippen molar-refractivity contribution in [2.24, 2.45) is 0 Å². The van der Waals surface area contributed by atoms with E-state index in [-0.39, 0.29) is 23.5 Å². The van der Waals surface area contributed by atoms with Gasteiger partial charge in [0.05, 0.1) is 9.82 Å². The summed E-state index contributed by atoms with van der Waals surface area (Å²) in [4.78, 5) is 40.0. The van der Waals surface area contributed by atoms with E-state index in [4.69, 9.17) is 0 Å². The van der Waals surface area contributed by atoms with Gasteiger partial charge in [0.15, 0.2) is 0 Å². The summed E-state index contributed by atoms with van der Waals surface area (Å²) in [6, 6.07) is 12.5. The molecule has 8 nitrogen and oxygen atoms in total. The lowest BCUT2D eigenvalue weighted by Gasteiger charge is -2.34. The third-order valence-electron chi connectivity index (χ3n) is 6.11. The van der Waals surface area contributed by atoms with Gasteiger partial charge in [0, 0.05) is 42.7 Å². The van der Waals surface area contributed by atoms with E-state index in [1.807, 2.05) is 24.3 Å². The normalized spacial score (nSPS) is 18.1. The number of nitrogens with zero attached hydrogens (tertiary/aromatic N) is 2. The molecule has 0 aromatic heterocycles. The van der Waals surface area contributed by atoms with E-state index in [0.29, 0.717) is 36.0 Å². The first kappa shape index (κ1) is 24.9. The predicted octanol–water partition coefficient (Wildman–Crippen LogP) is 3.96. The van der Waals surface area contributed by atoms with Gasteiger partial charge in [-0.3, -0.25) is 19.7 Å². The minimum absolute atomic E-state index is 0.00739. The molecule has 4 rings (SSSR count). The number of hydrogen-bond donors (Lipinski definition) is 2. The summed E-state index contributed by atoms with van der Waals surface area (Å²) in [7, 11) is 0. The van der Waals surface area contributed by atoms with Gasteiger partial charge in [0.1, 0.15) is 6.04 Å². The molecular formula is C26H30N4O4S. The van der Waals surface area contributed by atoms with Crippen LogP contribution >= 0.6 is 11.8 Å². The Balaban J connectivity index is 1.50. The van der Waals surface area contributed by atoms with Gasteiger partial charge in [0.25, 0.3) is 5.69 Å². The number of benzene rings is 2. The Bertz CT molecular complexity index is 1150. The quantitative estimate of drug-likeness (QED) is 0.327. The Morgan fingerprint density at radius 1 is 1.20 bits per heavy atom. The largest absolute Gasteiger partial charge is 0.352 e. The summed E-state index contributed by atoms with van der Waals surface area (Å²) in [5, 5.41) is 18.0. The monoisotopic (exact) mass is 494 g/mol. The maximum absolute atomic E-state index is 12.9. The maximum Gasteiger partial charge on any atom is 0.283 e. The zero-order valence-electron chi connectivity index (χ0n) is 19.9. The Kier molecular flexibility index (Phi) is 7.87. The first-order valence-corrected chi connectivity index (χ1v) is 12.7. The minimum atomic E-state index is -0.560. The number of hydrogen-bond acceptors (Lipinski definition) is 6. The molecule has 1 aliphatic heterocycles. The highest BCUT2D eigenvalue weighted by molar-refractivity contribution is 7.99. The maximum atomic E-state index is 12.9. The van der Waals surface area contributed by atoms with Gasteiger partial charge in [-0.1, -0.05) is 49.9 Å². The number of carbonyl (C=O) groups excluding carboxylic acids is 2. The average Bonchev–Trinajstić information content (AvgIpc) is 3.67. The third kappa shape index (κ3) is 6.29. The first-order valence-electron chi connectivity index (χ1n) is 11.9. The molecule has 1 saturated heterocycles. The molecule has 2 aromatic carbocycles. The molecule has 2 aliphatic rings. The smallest absolute Gasteiger partial charge is 0.283 e. The van der Waals surface area contributed by atoms with Gasteiger partial charge in [-0.05, 0) is 48.1 Å². The van der Waals surface area contributed by atoms with Crippen LogP contribution in [0.5, 0.6) is 0 Å². The summed E-state index contributed by atoms with van der Waals surface area (Å²) in [5.74, 6) is -0.124. The number of nitro groups is 1. The second kappa shape index (κ2) is 11.0. The lowest BCUT2D eigenvalue weighted by atomic mass is 10.0. The molecule has 2 N–H and O–H groups in total. The van der Waals surface area contributed by atoms with E-state index in [1.54, 1.807) is 23.1 Å². The van der Waals surface area contributed by atoms with Crippen molar-refractivity contribution in [1.82, 2.24) is 15.5 Å². The molecule has 1 unspecified atom stereocenters. The molecule has 9 heteroatoms. The van der Waals surface area contributed by atoms with Gasteiger partial charge in [-0.2, -0.15) is 0 Å². The fourth-order valence-corrected chi connectivity index (χ4v) is 5.21. The van der Waals surface area contributed by atoms with Gasteiger partial charge in [-0.15, -0.1) is 0 Å². The van der Waals surface area contributed by atoms with Gasteiger partial charge in [-0.25, -0.2) is 0 Å². The van der Waals surface area contributed by atoms with Crippen molar-refractivity contribution in [1.29, 1.82) is 0 Å². The van der Waals surface area contributed by atoms with Crippen LogP contribution in [0.3, 0.4) is 0 Å². The van der Waals surface area contributed by atoms with Crippen LogP contribution in [0.2, 0.25) is 0 Å². The summed E-state index contributed by atoms with van der Waals surface area (Å²) >= 11 is 1.37. The molecule has 1 saturated carbocycles. The lowest BCUT2D eigenvalue weighted by Crippen LogP contribution is -2.59. The molecule has 1 atom stereocenters. The van der Waals surface area contributed by atoms with Crippen LogP contribution in [0.4, 0.5) is 5.69 Å². The molecule has 35 heavy (non-hydrogen) atoms. The average molecular weight is 495 g/mol. The van der Waals surface area contributed by atoms with Crippen LogP contribution in [0.15, 0.2) is 58.3 Å². The number of carbonyl (C=O) groups is 2. The second-order valence-electron chi connectivity index (χ2n) is 9.15. The Labute approximate surface area is 209 Å². The van der Waals surface area contributed by atoms with Crippen LogP contribution < -0.4 is 10.6 Å².